The van der Waals surface area contributed by atoms with E-state index in [1.807, 2.05) is 0 Å². The zero-order chi connectivity index (χ0) is 14.4. The molecule has 1 saturated heterocycles. The number of nitrogens with one attached hydrogen (secondary N) is 1. The lowest BCUT2D eigenvalue weighted by Crippen LogP contribution is -2.32. The highest BCUT2D eigenvalue weighted by Gasteiger charge is 2.16. The van der Waals surface area contributed by atoms with Crippen LogP contribution in [-0.4, -0.2) is 42.0 Å². The molecular weight excluding hydrogens is 278 g/mol. The second-order valence-electron chi connectivity index (χ2n) is 4.56. The SMILES string of the molecule is O=C(CSc1ccc(C(=O)O)cc1)NCC1CCCO1. The quantitative estimate of drug-likeness (QED) is 0.782. The number of carboxylic acids is 1. The van der Waals surface area contributed by atoms with Crippen molar-refractivity contribution in [3.05, 3.63) is 29.8 Å². The molecule has 2 N–H and O–H groups in total. The van der Waals surface area contributed by atoms with Crippen LogP contribution in [-0.2, 0) is 9.53 Å². The van der Waals surface area contributed by atoms with Crippen LogP contribution in [0, 0.1) is 0 Å². The highest BCUT2D eigenvalue weighted by atomic mass is 32.2. The molecule has 5 nitrogen and oxygen atoms in total. The summed E-state index contributed by atoms with van der Waals surface area (Å²) < 4.78 is 5.42. The van der Waals surface area contributed by atoms with Crippen molar-refractivity contribution in [2.45, 2.75) is 23.8 Å². The lowest BCUT2D eigenvalue weighted by atomic mass is 10.2. The van der Waals surface area contributed by atoms with Crippen LogP contribution >= 0.6 is 11.8 Å². The summed E-state index contributed by atoms with van der Waals surface area (Å²) in [6.07, 6.45) is 2.22. The first-order chi connectivity index (χ1) is 9.65. The molecule has 0 spiro atoms. The zero-order valence-electron chi connectivity index (χ0n) is 11.0. The van der Waals surface area contributed by atoms with Gasteiger partial charge in [-0.15, -0.1) is 11.8 Å². The Hall–Kier alpha value is -1.53. The molecule has 1 aliphatic rings. The Morgan fingerprint density at radius 1 is 1.35 bits per heavy atom. The maximum absolute atomic E-state index is 11.7. The number of rotatable bonds is 6. The van der Waals surface area contributed by atoms with Gasteiger partial charge in [0, 0.05) is 18.0 Å². The second kappa shape index (κ2) is 7.31. The van der Waals surface area contributed by atoms with Gasteiger partial charge in [-0.2, -0.15) is 0 Å². The number of carbonyl (C=O) groups is 2. The van der Waals surface area contributed by atoms with Gasteiger partial charge < -0.3 is 15.2 Å². The summed E-state index contributed by atoms with van der Waals surface area (Å²) in [7, 11) is 0. The summed E-state index contributed by atoms with van der Waals surface area (Å²) in [6.45, 7) is 1.35. The zero-order valence-corrected chi connectivity index (χ0v) is 11.8. The maximum atomic E-state index is 11.7. The Morgan fingerprint density at radius 3 is 2.70 bits per heavy atom. The fraction of sp³-hybridized carbons (Fsp3) is 0.429. The Bertz CT molecular complexity index is 469. The first-order valence-corrected chi connectivity index (χ1v) is 7.48. The van der Waals surface area contributed by atoms with E-state index in [4.69, 9.17) is 9.84 Å². The van der Waals surface area contributed by atoms with Crippen molar-refractivity contribution in [3.63, 3.8) is 0 Å². The molecule has 6 heteroatoms. The third-order valence-electron chi connectivity index (χ3n) is 3.02. The first-order valence-electron chi connectivity index (χ1n) is 6.49. The van der Waals surface area contributed by atoms with Crippen molar-refractivity contribution >= 4 is 23.6 Å². The minimum absolute atomic E-state index is 0.0344. The van der Waals surface area contributed by atoms with E-state index in [9.17, 15) is 9.59 Å². The molecule has 1 heterocycles. The maximum Gasteiger partial charge on any atom is 0.335 e. The number of hydrogen-bond donors (Lipinski definition) is 2. The number of carbonyl (C=O) groups excluding carboxylic acids is 1. The van der Waals surface area contributed by atoms with E-state index in [0.29, 0.717) is 12.3 Å². The average molecular weight is 295 g/mol. The number of aromatic carboxylic acids is 1. The van der Waals surface area contributed by atoms with Gasteiger partial charge >= 0.3 is 5.97 Å². The molecule has 1 atom stereocenters. The van der Waals surface area contributed by atoms with Gasteiger partial charge in [0.2, 0.25) is 5.91 Å². The number of thioether (sulfide) groups is 1. The number of hydrogen-bond acceptors (Lipinski definition) is 4. The number of benzene rings is 1. The standard InChI is InChI=1S/C14H17NO4S/c16-13(15-8-11-2-1-7-19-11)9-20-12-5-3-10(4-6-12)14(17)18/h3-6,11H,1-2,7-9H2,(H,15,16)(H,17,18). The molecule has 0 bridgehead atoms. The lowest BCUT2D eigenvalue weighted by molar-refractivity contribution is -0.119. The van der Waals surface area contributed by atoms with Gasteiger partial charge in [-0.3, -0.25) is 4.79 Å². The van der Waals surface area contributed by atoms with E-state index in [1.165, 1.54) is 23.9 Å². The number of ether oxygens (including phenoxy) is 1. The molecular formula is C14H17NO4S. The molecule has 0 aromatic heterocycles. The predicted octanol–water partition coefficient (Wildman–Crippen LogP) is 1.77. The van der Waals surface area contributed by atoms with Gasteiger partial charge in [-0.05, 0) is 37.1 Å². The predicted molar refractivity (Wildman–Crippen MR) is 76.1 cm³/mol. The van der Waals surface area contributed by atoms with Crippen LogP contribution < -0.4 is 5.32 Å². The third-order valence-corrected chi connectivity index (χ3v) is 4.03. The van der Waals surface area contributed by atoms with Crippen LogP contribution in [0.1, 0.15) is 23.2 Å². The van der Waals surface area contributed by atoms with Gasteiger partial charge in [-0.25, -0.2) is 4.79 Å². The van der Waals surface area contributed by atoms with E-state index in [1.54, 1.807) is 12.1 Å². The largest absolute Gasteiger partial charge is 0.478 e. The van der Waals surface area contributed by atoms with Crippen LogP contribution in [0.2, 0.25) is 0 Å². The van der Waals surface area contributed by atoms with Gasteiger partial charge in [0.25, 0.3) is 0 Å². The molecule has 2 rings (SSSR count). The van der Waals surface area contributed by atoms with Crippen molar-refractivity contribution in [1.82, 2.24) is 5.32 Å². The highest BCUT2D eigenvalue weighted by molar-refractivity contribution is 8.00. The molecule has 0 radical (unpaired) electrons. The summed E-state index contributed by atoms with van der Waals surface area (Å²) >= 11 is 1.39. The summed E-state index contributed by atoms with van der Waals surface area (Å²) in [5, 5.41) is 11.6. The van der Waals surface area contributed by atoms with Crippen molar-refractivity contribution < 1.29 is 19.4 Å². The van der Waals surface area contributed by atoms with Crippen molar-refractivity contribution in [3.8, 4) is 0 Å². The Labute approximate surface area is 121 Å². The topological polar surface area (TPSA) is 75.6 Å². The molecule has 0 aliphatic carbocycles. The number of carboxylic acid groups (broad SMARTS) is 1. The average Bonchev–Trinajstić information content (AvgIpc) is 2.96. The summed E-state index contributed by atoms with van der Waals surface area (Å²) in [6, 6.07) is 6.49. The normalized spacial score (nSPS) is 17.9. The molecule has 1 amide bonds. The van der Waals surface area contributed by atoms with E-state index >= 15 is 0 Å². The van der Waals surface area contributed by atoms with Gasteiger partial charge in [0.15, 0.2) is 0 Å². The molecule has 1 fully saturated rings. The Morgan fingerprint density at radius 2 is 2.10 bits per heavy atom. The Balaban J connectivity index is 1.70. The smallest absolute Gasteiger partial charge is 0.335 e. The number of amides is 1. The Kier molecular flexibility index (Phi) is 5.43. The van der Waals surface area contributed by atoms with Crippen LogP contribution in [0.15, 0.2) is 29.2 Å². The molecule has 1 aromatic rings. The fourth-order valence-electron chi connectivity index (χ4n) is 1.93. The van der Waals surface area contributed by atoms with Crippen molar-refractivity contribution in [2.24, 2.45) is 0 Å². The highest BCUT2D eigenvalue weighted by Crippen LogP contribution is 2.18. The van der Waals surface area contributed by atoms with Gasteiger partial charge in [-0.1, -0.05) is 0 Å². The third kappa shape index (κ3) is 4.54. The first kappa shape index (κ1) is 14.9. The lowest BCUT2D eigenvalue weighted by Gasteiger charge is -2.10. The molecule has 1 unspecified atom stereocenters. The second-order valence-corrected chi connectivity index (χ2v) is 5.61. The minimum Gasteiger partial charge on any atom is -0.478 e. The van der Waals surface area contributed by atoms with Crippen LogP contribution in [0.5, 0.6) is 0 Å². The summed E-state index contributed by atoms with van der Waals surface area (Å²) in [4.78, 5) is 23.3. The summed E-state index contributed by atoms with van der Waals surface area (Å²) in [5.74, 6) is -0.664. The molecule has 108 valence electrons. The fourth-order valence-corrected chi connectivity index (χ4v) is 2.66. The monoisotopic (exact) mass is 295 g/mol. The van der Waals surface area contributed by atoms with Crippen LogP contribution in [0.3, 0.4) is 0 Å². The van der Waals surface area contributed by atoms with E-state index in [2.05, 4.69) is 5.32 Å². The molecule has 0 saturated carbocycles. The van der Waals surface area contributed by atoms with E-state index < -0.39 is 5.97 Å². The van der Waals surface area contributed by atoms with Crippen LogP contribution in [0.4, 0.5) is 0 Å². The minimum atomic E-state index is -0.948. The van der Waals surface area contributed by atoms with Gasteiger partial charge in [0.05, 0.1) is 17.4 Å². The molecule has 1 aliphatic heterocycles. The van der Waals surface area contributed by atoms with Crippen molar-refractivity contribution in [2.75, 3.05) is 18.9 Å². The van der Waals surface area contributed by atoms with E-state index in [-0.39, 0.29) is 17.6 Å². The van der Waals surface area contributed by atoms with Crippen LogP contribution in [0.25, 0.3) is 0 Å². The summed E-state index contributed by atoms with van der Waals surface area (Å²) in [5.41, 5.74) is 0.247. The van der Waals surface area contributed by atoms with Crippen molar-refractivity contribution in [1.29, 1.82) is 0 Å². The van der Waals surface area contributed by atoms with Gasteiger partial charge in [0.1, 0.15) is 0 Å². The van der Waals surface area contributed by atoms with E-state index in [0.717, 1.165) is 24.3 Å². The molecule has 1 aromatic carbocycles. The molecule has 20 heavy (non-hydrogen) atoms.